The van der Waals surface area contributed by atoms with Crippen LogP contribution in [0.15, 0.2) is 48.5 Å². The lowest BCUT2D eigenvalue weighted by atomic mass is 10.1. The summed E-state index contributed by atoms with van der Waals surface area (Å²) in [5, 5.41) is 0. The van der Waals surface area contributed by atoms with Crippen molar-refractivity contribution in [3.63, 3.8) is 0 Å². The van der Waals surface area contributed by atoms with Crippen LogP contribution in [0, 0.1) is 0 Å². The number of ether oxygens (including phenoxy) is 2. The summed E-state index contributed by atoms with van der Waals surface area (Å²) in [6, 6.07) is 13.8. The Hall–Kier alpha value is -2.62. The molecule has 0 unspecified atom stereocenters. The van der Waals surface area contributed by atoms with Crippen molar-refractivity contribution in [3.05, 3.63) is 59.7 Å². The average Bonchev–Trinajstić information content (AvgIpc) is 2.49. The normalized spacial score (nSPS) is 9.95. The van der Waals surface area contributed by atoms with Crippen molar-refractivity contribution in [2.24, 2.45) is 0 Å². The summed E-state index contributed by atoms with van der Waals surface area (Å²) >= 11 is 0. The van der Waals surface area contributed by atoms with Crippen molar-refractivity contribution in [2.45, 2.75) is 13.3 Å². The second kappa shape index (κ2) is 7.24. The molecule has 0 saturated heterocycles. The fourth-order valence-electron chi connectivity index (χ4n) is 1.86. The Morgan fingerprint density at radius 1 is 1.10 bits per heavy atom. The maximum Gasteiger partial charge on any atom is 0.315 e. The molecule has 4 heteroatoms. The maximum absolute atomic E-state index is 11.9. The number of esters is 1. The molecule has 21 heavy (non-hydrogen) atoms. The quantitative estimate of drug-likeness (QED) is 0.465. The molecule has 4 nitrogen and oxygen atoms in total. The van der Waals surface area contributed by atoms with Gasteiger partial charge in [0.25, 0.3) is 0 Å². The number of carbonyl (C=O) groups is 2. The van der Waals surface area contributed by atoms with E-state index < -0.39 is 0 Å². The lowest BCUT2D eigenvalue weighted by Gasteiger charge is -2.06. The molecule has 0 saturated carbocycles. The fraction of sp³-hybridized carbons (Fsp3) is 0.176. The Morgan fingerprint density at radius 3 is 2.52 bits per heavy atom. The Bertz CT molecular complexity index is 617. The summed E-state index contributed by atoms with van der Waals surface area (Å²) in [5.41, 5.74) is 1.32. The summed E-state index contributed by atoms with van der Waals surface area (Å²) in [5.74, 6) is 0.769. The van der Waals surface area contributed by atoms with Crippen LogP contribution in [0.2, 0.25) is 0 Å². The van der Waals surface area contributed by atoms with E-state index in [2.05, 4.69) is 0 Å². The Morgan fingerprint density at radius 2 is 1.86 bits per heavy atom. The van der Waals surface area contributed by atoms with Crippen LogP contribution >= 0.6 is 0 Å². The van der Waals surface area contributed by atoms with Gasteiger partial charge in [0.1, 0.15) is 17.8 Å². The van der Waals surface area contributed by atoms with E-state index in [1.54, 1.807) is 18.2 Å². The van der Waals surface area contributed by atoms with Gasteiger partial charge in [0.05, 0.1) is 13.0 Å². The van der Waals surface area contributed by atoms with Crippen LogP contribution in [0.5, 0.6) is 11.5 Å². The van der Waals surface area contributed by atoms with Gasteiger partial charge in [-0.15, -0.1) is 0 Å². The van der Waals surface area contributed by atoms with Crippen molar-refractivity contribution in [2.75, 3.05) is 6.61 Å². The van der Waals surface area contributed by atoms with Gasteiger partial charge in [-0.3, -0.25) is 9.59 Å². The summed E-state index contributed by atoms with van der Waals surface area (Å²) in [7, 11) is 0. The molecule has 2 aromatic carbocycles. The van der Waals surface area contributed by atoms with Gasteiger partial charge in [-0.1, -0.05) is 24.3 Å². The fourth-order valence-corrected chi connectivity index (χ4v) is 1.86. The summed E-state index contributed by atoms with van der Waals surface area (Å²) < 4.78 is 10.5. The lowest BCUT2D eigenvalue weighted by molar-refractivity contribution is -0.133. The highest BCUT2D eigenvalue weighted by Crippen LogP contribution is 2.15. The second-order valence-electron chi connectivity index (χ2n) is 4.42. The van der Waals surface area contributed by atoms with E-state index in [0.29, 0.717) is 24.2 Å². The molecule has 2 aromatic rings. The third kappa shape index (κ3) is 4.45. The van der Waals surface area contributed by atoms with Gasteiger partial charge >= 0.3 is 5.97 Å². The van der Waals surface area contributed by atoms with Gasteiger partial charge in [0.15, 0.2) is 0 Å². The zero-order chi connectivity index (χ0) is 15.1. The van der Waals surface area contributed by atoms with Crippen molar-refractivity contribution in [1.29, 1.82) is 0 Å². The van der Waals surface area contributed by atoms with Crippen molar-refractivity contribution in [1.82, 2.24) is 0 Å². The Labute approximate surface area is 123 Å². The van der Waals surface area contributed by atoms with E-state index in [-0.39, 0.29) is 12.4 Å². The molecule has 0 N–H and O–H groups in total. The molecule has 0 fully saturated rings. The van der Waals surface area contributed by atoms with Crippen LogP contribution in [0.4, 0.5) is 0 Å². The molecule has 2 rings (SSSR count). The molecule has 108 valence electrons. The lowest BCUT2D eigenvalue weighted by Crippen LogP contribution is -2.11. The number of hydrogen-bond acceptors (Lipinski definition) is 4. The van der Waals surface area contributed by atoms with Gasteiger partial charge in [-0.25, -0.2) is 0 Å². The van der Waals surface area contributed by atoms with Crippen LogP contribution in [-0.2, 0) is 11.2 Å². The minimum Gasteiger partial charge on any atom is -0.494 e. The molecule has 0 radical (unpaired) electrons. The maximum atomic E-state index is 11.9. The van der Waals surface area contributed by atoms with Crippen molar-refractivity contribution < 1.29 is 19.1 Å². The van der Waals surface area contributed by atoms with E-state index >= 15 is 0 Å². The third-order valence-electron chi connectivity index (χ3n) is 2.81. The Kier molecular flexibility index (Phi) is 5.10. The van der Waals surface area contributed by atoms with E-state index in [9.17, 15) is 9.59 Å². The van der Waals surface area contributed by atoms with Crippen LogP contribution < -0.4 is 9.47 Å². The second-order valence-corrected chi connectivity index (χ2v) is 4.42. The van der Waals surface area contributed by atoms with Crippen LogP contribution in [0.3, 0.4) is 0 Å². The average molecular weight is 284 g/mol. The number of hydrogen-bond donors (Lipinski definition) is 0. The first kappa shape index (κ1) is 14.8. The first-order valence-corrected chi connectivity index (χ1v) is 6.69. The molecular formula is C17H16O4. The van der Waals surface area contributed by atoms with Gasteiger partial charge in [-0.05, 0) is 36.8 Å². The Balaban J connectivity index is 1.96. The van der Waals surface area contributed by atoms with Crippen LogP contribution in [0.25, 0.3) is 0 Å². The highest BCUT2D eigenvalue weighted by Gasteiger charge is 2.07. The van der Waals surface area contributed by atoms with Gasteiger partial charge in [-0.2, -0.15) is 0 Å². The highest BCUT2D eigenvalue weighted by molar-refractivity contribution is 5.78. The molecule has 0 aliphatic rings. The molecule has 0 aromatic heterocycles. The van der Waals surface area contributed by atoms with Gasteiger partial charge in [0.2, 0.25) is 0 Å². The smallest absolute Gasteiger partial charge is 0.315 e. The minimum absolute atomic E-state index is 0.164. The van der Waals surface area contributed by atoms with E-state index in [4.69, 9.17) is 9.47 Å². The minimum atomic E-state index is -0.373. The van der Waals surface area contributed by atoms with Crippen molar-refractivity contribution >= 4 is 12.3 Å². The topological polar surface area (TPSA) is 52.6 Å². The highest BCUT2D eigenvalue weighted by atomic mass is 16.5. The van der Waals surface area contributed by atoms with E-state index in [1.807, 2.05) is 31.2 Å². The molecule has 0 atom stereocenters. The summed E-state index contributed by atoms with van der Waals surface area (Å²) in [6.07, 6.45) is 0.877. The molecule has 0 spiro atoms. The molecule has 0 aliphatic heterocycles. The predicted octanol–water partition coefficient (Wildman–Crippen LogP) is 3.05. The monoisotopic (exact) mass is 284 g/mol. The molecule has 0 amide bonds. The third-order valence-corrected chi connectivity index (χ3v) is 2.81. The molecular weight excluding hydrogens is 268 g/mol. The van der Waals surface area contributed by atoms with Crippen LogP contribution in [-0.4, -0.2) is 18.9 Å². The van der Waals surface area contributed by atoms with Gasteiger partial charge in [0, 0.05) is 5.56 Å². The number of benzene rings is 2. The molecule has 0 aliphatic carbocycles. The summed E-state index contributed by atoms with van der Waals surface area (Å²) in [4.78, 5) is 22.5. The predicted molar refractivity (Wildman–Crippen MR) is 78.8 cm³/mol. The first-order valence-electron chi connectivity index (χ1n) is 6.69. The van der Waals surface area contributed by atoms with E-state index in [0.717, 1.165) is 11.3 Å². The zero-order valence-electron chi connectivity index (χ0n) is 11.7. The number of carbonyl (C=O) groups excluding carboxylic acids is 2. The van der Waals surface area contributed by atoms with Gasteiger partial charge < -0.3 is 9.47 Å². The SMILES string of the molecule is CCOc1ccc(CC(=O)Oc2cccc(C=O)c2)cc1. The molecule has 0 bridgehead atoms. The number of aldehydes is 1. The summed E-state index contributed by atoms with van der Waals surface area (Å²) in [6.45, 7) is 2.52. The zero-order valence-corrected chi connectivity index (χ0v) is 11.7. The molecule has 0 heterocycles. The van der Waals surface area contributed by atoms with Crippen molar-refractivity contribution in [3.8, 4) is 11.5 Å². The first-order chi connectivity index (χ1) is 10.2. The number of rotatable bonds is 6. The standard InChI is InChI=1S/C17H16O4/c1-2-20-15-8-6-13(7-9-15)11-17(19)21-16-5-3-4-14(10-16)12-18/h3-10,12H,2,11H2,1H3. The van der Waals surface area contributed by atoms with E-state index in [1.165, 1.54) is 6.07 Å². The largest absolute Gasteiger partial charge is 0.494 e. The van der Waals surface area contributed by atoms with Crippen LogP contribution in [0.1, 0.15) is 22.8 Å².